The lowest BCUT2D eigenvalue weighted by atomic mass is 10.0. The van der Waals surface area contributed by atoms with E-state index in [-0.39, 0.29) is 9.72 Å². The maximum Gasteiger partial charge on any atom is 0.241 e. The fourth-order valence-electron chi connectivity index (χ4n) is 1.13. The molecule has 0 saturated carbocycles. The van der Waals surface area contributed by atoms with Crippen molar-refractivity contribution >= 4 is 26.0 Å². The van der Waals surface area contributed by atoms with Gasteiger partial charge in [-0.2, -0.15) is 0 Å². The number of alkyl halides is 1. The maximum absolute atomic E-state index is 13.0. The maximum atomic E-state index is 13.0. The molecule has 0 aliphatic rings. The van der Waals surface area contributed by atoms with Crippen LogP contribution in [-0.4, -0.2) is 18.8 Å². The highest BCUT2D eigenvalue weighted by molar-refractivity contribution is 9.09. The lowest BCUT2D eigenvalue weighted by Gasteiger charge is -2.28. The highest BCUT2D eigenvalue weighted by Crippen LogP contribution is 2.21. The molecule has 0 fully saturated rings. The first kappa shape index (κ1) is 15.5. The van der Waals surface area contributed by atoms with Crippen LogP contribution in [0.1, 0.15) is 20.8 Å². The van der Waals surface area contributed by atoms with Crippen LogP contribution in [0.25, 0.3) is 0 Å². The average molecular weight is 342 g/mol. The van der Waals surface area contributed by atoms with Gasteiger partial charge in [0, 0.05) is 10.4 Å². The monoisotopic (exact) mass is 341 g/mol. The predicted molar refractivity (Wildman–Crippen MR) is 69.1 cm³/mol. The van der Waals surface area contributed by atoms with Crippen molar-refractivity contribution in [2.75, 3.05) is 0 Å². The molecule has 0 aromatic heterocycles. The third-order valence-electron chi connectivity index (χ3n) is 2.59. The van der Waals surface area contributed by atoms with E-state index in [1.165, 1.54) is 0 Å². The Balaban J connectivity index is 3.11. The summed E-state index contributed by atoms with van der Waals surface area (Å²) in [5, 5.41) is 0. The summed E-state index contributed by atoms with van der Waals surface area (Å²) in [6.07, 6.45) is 0. The van der Waals surface area contributed by atoms with Crippen LogP contribution in [0.5, 0.6) is 0 Å². The van der Waals surface area contributed by atoms with Gasteiger partial charge in [-0.3, -0.25) is 0 Å². The Labute approximate surface area is 114 Å². The highest BCUT2D eigenvalue weighted by atomic mass is 79.9. The molecule has 0 heterocycles. The Hall–Kier alpha value is -0.530. The zero-order chi connectivity index (χ0) is 14.1. The Kier molecular flexibility index (Phi) is 4.51. The fraction of sp³-hybridized carbons (Fsp3) is 0.455. The second-order valence-electron chi connectivity index (χ2n) is 4.52. The van der Waals surface area contributed by atoms with Gasteiger partial charge in [-0.1, -0.05) is 22.9 Å². The molecule has 0 spiro atoms. The lowest BCUT2D eigenvalue weighted by molar-refractivity contribution is 0.453. The quantitative estimate of drug-likeness (QED) is 0.856. The van der Waals surface area contributed by atoms with Gasteiger partial charge in [0.2, 0.25) is 10.0 Å². The molecule has 1 atom stereocenters. The Bertz CT molecular complexity index is 544. The first-order valence-electron chi connectivity index (χ1n) is 5.19. The topological polar surface area (TPSA) is 46.2 Å². The molecular weight excluding hydrogens is 328 g/mol. The van der Waals surface area contributed by atoms with Crippen molar-refractivity contribution in [3.8, 4) is 0 Å². The highest BCUT2D eigenvalue weighted by Gasteiger charge is 2.30. The molecule has 0 amide bonds. The molecule has 3 nitrogen and oxygen atoms in total. The van der Waals surface area contributed by atoms with Crippen LogP contribution in [0.2, 0.25) is 0 Å². The number of hydrogen-bond donors (Lipinski definition) is 1. The van der Waals surface area contributed by atoms with E-state index in [1.807, 2.05) is 0 Å². The van der Waals surface area contributed by atoms with E-state index in [4.69, 9.17) is 0 Å². The Morgan fingerprint density at radius 2 is 1.83 bits per heavy atom. The Morgan fingerprint density at radius 1 is 1.28 bits per heavy atom. The predicted octanol–water partition coefficient (Wildman–Crippen LogP) is 2.81. The standard InChI is InChI=1S/C11H14BrF2NO2S/c1-7(12)11(2,3)15-18(16,17)8-4-5-9(13)10(14)6-8/h4-7,15H,1-3H3. The molecule has 1 N–H and O–H groups in total. The zero-order valence-electron chi connectivity index (χ0n) is 10.2. The van der Waals surface area contributed by atoms with E-state index in [9.17, 15) is 17.2 Å². The summed E-state index contributed by atoms with van der Waals surface area (Å²) in [5.74, 6) is -2.27. The van der Waals surface area contributed by atoms with Crippen LogP contribution >= 0.6 is 15.9 Å². The van der Waals surface area contributed by atoms with Crippen molar-refractivity contribution < 1.29 is 17.2 Å². The van der Waals surface area contributed by atoms with Gasteiger partial charge in [0.25, 0.3) is 0 Å². The minimum absolute atomic E-state index is 0.134. The second-order valence-corrected chi connectivity index (χ2v) is 7.58. The van der Waals surface area contributed by atoms with E-state index in [0.717, 1.165) is 12.1 Å². The first-order chi connectivity index (χ1) is 8.06. The number of rotatable bonds is 4. The molecule has 0 bridgehead atoms. The summed E-state index contributed by atoms with van der Waals surface area (Å²) in [6.45, 7) is 5.15. The molecule has 1 aromatic rings. The van der Waals surface area contributed by atoms with Crippen molar-refractivity contribution in [2.24, 2.45) is 0 Å². The SMILES string of the molecule is CC(Br)C(C)(C)NS(=O)(=O)c1ccc(F)c(F)c1. The minimum atomic E-state index is -3.89. The van der Waals surface area contributed by atoms with Crippen molar-refractivity contribution in [2.45, 2.75) is 36.0 Å². The first-order valence-corrected chi connectivity index (χ1v) is 7.59. The van der Waals surface area contributed by atoms with Gasteiger partial charge in [-0.25, -0.2) is 21.9 Å². The smallest absolute Gasteiger partial charge is 0.207 e. The van der Waals surface area contributed by atoms with Gasteiger partial charge in [0.15, 0.2) is 11.6 Å². The van der Waals surface area contributed by atoms with Gasteiger partial charge < -0.3 is 0 Å². The van der Waals surface area contributed by atoms with Gasteiger partial charge in [-0.15, -0.1) is 0 Å². The summed E-state index contributed by atoms with van der Waals surface area (Å²) in [6, 6.07) is 2.47. The second kappa shape index (κ2) is 5.22. The third-order valence-corrected chi connectivity index (χ3v) is 5.41. The fourth-order valence-corrected chi connectivity index (χ4v) is 2.89. The molecule has 18 heavy (non-hydrogen) atoms. The van der Waals surface area contributed by atoms with E-state index in [0.29, 0.717) is 6.07 Å². The zero-order valence-corrected chi connectivity index (χ0v) is 12.6. The van der Waals surface area contributed by atoms with Crippen molar-refractivity contribution in [3.63, 3.8) is 0 Å². The van der Waals surface area contributed by atoms with Crippen LogP contribution in [0, 0.1) is 11.6 Å². The molecule has 102 valence electrons. The van der Waals surface area contributed by atoms with E-state index in [1.54, 1.807) is 20.8 Å². The largest absolute Gasteiger partial charge is 0.241 e. The summed E-state index contributed by atoms with van der Waals surface area (Å²) in [7, 11) is -3.89. The van der Waals surface area contributed by atoms with Crippen molar-refractivity contribution in [1.82, 2.24) is 4.72 Å². The van der Waals surface area contributed by atoms with Crippen molar-refractivity contribution in [3.05, 3.63) is 29.8 Å². The number of halogens is 3. The van der Waals surface area contributed by atoms with Gasteiger partial charge in [0.05, 0.1) is 4.90 Å². The molecular formula is C11H14BrF2NO2S. The number of nitrogens with one attached hydrogen (secondary N) is 1. The van der Waals surface area contributed by atoms with E-state index in [2.05, 4.69) is 20.7 Å². The van der Waals surface area contributed by atoms with Crippen LogP contribution in [-0.2, 0) is 10.0 Å². The van der Waals surface area contributed by atoms with Gasteiger partial charge in [0.1, 0.15) is 0 Å². The molecule has 0 aliphatic carbocycles. The molecule has 0 radical (unpaired) electrons. The van der Waals surface area contributed by atoms with Gasteiger partial charge in [-0.05, 0) is 32.0 Å². The summed E-state index contributed by atoms with van der Waals surface area (Å²) in [5.41, 5.74) is -0.760. The summed E-state index contributed by atoms with van der Waals surface area (Å²) in [4.78, 5) is -0.437. The van der Waals surface area contributed by atoms with Crippen LogP contribution in [0.15, 0.2) is 23.1 Å². The Morgan fingerprint density at radius 3 is 2.28 bits per heavy atom. The van der Waals surface area contributed by atoms with Crippen molar-refractivity contribution in [1.29, 1.82) is 0 Å². The minimum Gasteiger partial charge on any atom is -0.207 e. The molecule has 7 heteroatoms. The number of benzene rings is 1. The number of sulfonamides is 1. The van der Waals surface area contributed by atoms with Crippen LogP contribution in [0.3, 0.4) is 0 Å². The van der Waals surface area contributed by atoms with Crippen LogP contribution < -0.4 is 4.72 Å². The van der Waals surface area contributed by atoms with Gasteiger partial charge >= 0.3 is 0 Å². The third kappa shape index (κ3) is 3.49. The molecule has 1 rings (SSSR count). The summed E-state index contributed by atoms with van der Waals surface area (Å²) < 4.78 is 52.2. The average Bonchev–Trinajstić information content (AvgIpc) is 2.20. The molecule has 1 aromatic carbocycles. The molecule has 1 unspecified atom stereocenters. The normalized spacial score (nSPS) is 14.6. The number of hydrogen-bond acceptors (Lipinski definition) is 2. The lowest BCUT2D eigenvalue weighted by Crippen LogP contribution is -2.48. The van der Waals surface area contributed by atoms with E-state index < -0.39 is 27.2 Å². The summed E-state index contributed by atoms with van der Waals surface area (Å²) >= 11 is 3.29. The molecule has 0 saturated heterocycles. The van der Waals surface area contributed by atoms with Crippen LogP contribution in [0.4, 0.5) is 8.78 Å². The van der Waals surface area contributed by atoms with E-state index >= 15 is 0 Å². The molecule has 0 aliphatic heterocycles.